The second-order valence-corrected chi connectivity index (χ2v) is 3.37. The molecule has 0 aliphatic heterocycles. The highest BCUT2D eigenvalue weighted by Crippen LogP contribution is 2.14. The molecule has 1 N–H and O–H groups in total. The Kier molecular flexibility index (Phi) is 4.43. The molecule has 0 bridgehead atoms. The molecule has 0 aromatic heterocycles. The zero-order valence-corrected chi connectivity index (χ0v) is 8.37. The van der Waals surface area contributed by atoms with Crippen molar-refractivity contribution in [3.05, 3.63) is 48.0 Å². The van der Waals surface area contributed by atoms with Gasteiger partial charge in [0.2, 0.25) is 0 Å². The number of alkyl halides is 2. The molecule has 82 valence electrons. The van der Waals surface area contributed by atoms with Crippen molar-refractivity contribution in [1.29, 1.82) is 0 Å². The smallest absolute Gasteiger partial charge is 0.336 e. The molecule has 3 heteroatoms. The van der Waals surface area contributed by atoms with Gasteiger partial charge in [0, 0.05) is 0 Å². The van der Waals surface area contributed by atoms with Crippen molar-refractivity contribution in [3.63, 3.8) is 0 Å². The van der Waals surface area contributed by atoms with Gasteiger partial charge in [-0.1, -0.05) is 42.5 Å². The standard InChI is InChI=1S/C12H14F2O/c13-12(14,15)10-6-2-5-9-11-7-3-1-4-8-11/h1-4,6-8,15H,5,9-10H2. The van der Waals surface area contributed by atoms with E-state index in [9.17, 15) is 8.78 Å². The molecule has 0 radical (unpaired) electrons. The summed E-state index contributed by atoms with van der Waals surface area (Å²) < 4.78 is 24.0. The van der Waals surface area contributed by atoms with Gasteiger partial charge in [-0.3, -0.25) is 0 Å². The van der Waals surface area contributed by atoms with E-state index in [4.69, 9.17) is 5.11 Å². The van der Waals surface area contributed by atoms with E-state index in [-0.39, 0.29) is 0 Å². The Bertz CT molecular complexity index is 301. The van der Waals surface area contributed by atoms with Crippen molar-refractivity contribution in [2.24, 2.45) is 0 Å². The highest BCUT2D eigenvalue weighted by atomic mass is 19.3. The van der Waals surface area contributed by atoms with Crippen LogP contribution in [0.4, 0.5) is 8.78 Å². The zero-order chi connectivity index (χ0) is 11.1. The maximum Gasteiger partial charge on any atom is 0.356 e. The molecule has 0 saturated heterocycles. The van der Waals surface area contributed by atoms with Gasteiger partial charge in [-0.2, -0.15) is 8.78 Å². The highest BCUT2D eigenvalue weighted by molar-refractivity contribution is 5.15. The van der Waals surface area contributed by atoms with Crippen LogP contribution >= 0.6 is 0 Å². The Balaban J connectivity index is 2.22. The number of hydrogen-bond donors (Lipinski definition) is 1. The average Bonchev–Trinajstić information content (AvgIpc) is 2.17. The third-order valence-corrected chi connectivity index (χ3v) is 1.97. The van der Waals surface area contributed by atoms with Crippen LogP contribution in [-0.4, -0.2) is 11.2 Å². The van der Waals surface area contributed by atoms with Crippen LogP contribution in [0.3, 0.4) is 0 Å². The van der Waals surface area contributed by atoms with Gasteiger partial charge in [-0.25, -0.2) is 0 Å². The third kappa shape index (κ3) is 5.96. The van der Waals surface area contributed by atoms with Gasteiger partial charge in [-0.15, -0.1) is 0 Å². The molecular weight excluding hydrogens is 198 g/mol. The molecule has 0 amide bonds. The maximum absolute atomic E-state index is 12.0. The van der Waals surface area contributed by atoms with Gasteiger partial charge in [-0.05, 0) is 18.4 Å². The maximum atomic E-state index is 12.0. The molecule has 0 fully saturated rings. The number of aliphatic hydroxyl groups is 1. The predicted molar refractivity (Wildman–Crippen MR) is 55.7 cm³/mol. The topological polar surface area (TPSA) is 20.2 Å². The van der Waals surface area contributed by atoms with Crippen molar-refractivity contribution >= 4 is 0 Å². The van der Waals surface area contributed by atoms with Crippen molar-refractivity contribution in [1.82, 2.24) is 0 Å². The van der Waals surface area contributed by atoms with Crippen molar-refractivity contribution in [2.45, 2.75) is 25.4 Å². The Morgan fingerprint density at radius 3 is 2.40 bits per heavy atom. The SMILES string of the molecule is OC(F)(F)CC=CCCc1ccccc1. The Morgan fingerprint density at radius 1 is 1.13 bits per heavy atom. The van der Waals surface area contributed by atoms with E-state index in [1.54, 1.807) is 6.08 Å². The van der Waals surface area contributed by atoms with E-state index < -0.39 is 12.5 Å². The normalized spacial score (nSPS) is 12.2. The summed E-state index contributed by atoms with van der Waals surface area (Å²) in [4.78, 5) is 0. The fourth-order valence-corrected chi connectivity index (χ4v) is 1.24. The quantitative estimate of drug-likeness (QED) is 0.743. The summed E-state index contributed by atoms with van der Waals surface area (Å²) in [6.45, 7) is 0. The van der Waals surface area contributed by atoms with Crippen LogP contribution in [0.5, 0.6) is 0 Å². The second-order valence-electron chi connectivity index (χ2n) is 3.37. The lowest BCUT2D eigenvalue weighted by Crippen LogP contribution is -2.11. The number of benzene rings is 1. The first kappa shape index (κ1) is 11.9. The largest absolute Gasteiger partial charge is 0.356 e. The molecule has 0 heterocycles. The number of allylic oxidation sites excluding steroid dienone is 1. The summed E-state index contributed by atoms with van der Waals surface area (Å²) in [5.74, 6) is 0. The van der Waals surface area contributed by atoms with Crippen molar-refractivity contribution in [3.8, 4) is 0 Å². The van der Waals surface area contributed by atoms with Gasteiger partial charge >= 0.3 is 6.11 Å². The van der Waals surface area contributed by atoms with Crippen LogP contribution in [0.2, 0.25) is 0 Å². The minimum atomic E-state index is -3.58. The van der Waals surface area contributed by atoms with E-state index in [1.807, 2.05) is 30.3 Å². The fraction of sp³-hybridized carbons (Fsp3) is 0.333. The molecule has 0 spiro atoms. The van der Waals surface area contributed by atoms with Crippen LogP contribution in [0, 0.1) is 0 Å². The molecule has 0 aliphatic carbocycles. The van der Waals surface area contributed by atoms with Crippen LogP contribution in [0.25, 0.3) is 0 Å². The zero-order valence-electron chi connectivity index (χ0n) is 8.37. The minimum absolute atomic E-state index is 0.609. The van der Waals surface area contributed by atoms with E-state index in [1.165, 1.54) is 11.6 Å². The van der Waals surface area contributed by atoms with Gasteiger partial charge in [0.05, 0.1) is 6.42 Å². The van der Waals surface area contributed by atoms with E-state index in [0.717, 1.165) is 6.42 Å². The summed E-state index contributed by atoms with van der Waals surface area (Å²) in [6.07, 6.45) is 0.319. The van der Waals surface area contributed by atoms with E-state index in [2.05, 4.69) is 0 Å². The molecule has 0 atom stereocenters. The summed E-state index contributed by atoms with van der Waals surface area (Å²) in [5, 5.41) is 8.15. The molecule has 1 rings (SSSR count). The molecule has 15 heavy (non-hydrogen) atoms. The molecule has 1 nitrogen and oxygen atoms in total. The molecule has 0 aliphatic rings. The van der Waals surface area contributed by atoms with Gasteiger partial charge in [0.1, 0.15) is 0 Å². The lowest BCUT2D eigenvalue weighted by atomic mass is 10.1. The van der Waals surface area contributed by atoms with Crippen LogP contribution in [0.15, 0.2) is 42.5 Å². The molecule has 0 unspecified atom stereocenters. The molecule has 0 saturated carbocycles. The van der Waals surface area contributed by atoms with Gasteiger partial charge in [0.15, 0.2) is 0 Å². The first-order chi connectivity index (χ1) is 7.08. The van der Waals surface area contributed by atoms with Crippen LogP contribution in [0.1, 0.15) is 18.4 Å². The van der Waals surface area contributed by atoms with Gasteiger partial charge in [0.25, 0.3) is 0 Å². The Morgan fingerprint density at radius 2 is 1.80 bits per heavy atom. The molecule has 1 aromatic carbocycles. The fourth-order valence-electron chi connectivity index (χ4n) is 1.24. The Hall–Kier alpha value is -1.22. The monoisotopic (exact) mass is 212 g/mol. The summed E-state index contributed by atoms with van der Waals surface area (Å²) in [5.41, 5.74) is 1.18. The van der Waals surface area contributed by atoms with E-state index >= 15 is 0 Å². The minimum Gasteiger partial charge on any atom is -0.336 e. The third-order valence-electron chi connectivity index (χ3n) is 1.97. The average molecular weight is 212 g/mol. The number of halogens is 2. The van der Waals surface area contributed by atoms with Crippen LogP contribution in [-0.2, 0) is 6.42 Å². The van der Waals surface area contributed by atoms with Gasteiger partial charge < -0.3 is 5.11 Å². The lowest BCUT2D eigenvalue weighted by molar-refractivity contribution is -0.194. The highest BCUT2D eigenvalue weighted by Gasteiger charge is 2.20. The van der Waals surface area contributed by atoms with Crippen LogP contribution < -0.4 is 0 Å². The number of rotatable bonds is 5. The van der Waals surface area contributed by atoms with E-state index in [0.29, 0.717) is 6.42 Å². The summed E-state index contributed by atoms with van der Waals surface area (Å²) in [7, 11) is 0. The van der Waals surface area contributed by atoms with Crippen molar-refractivity contribution in [2.75, 3.05) is 0 Å². The lowest BCUT2D eigenvalue weighted by Gasteiger charge is -2.03. The molecular formula is C12H14F2O. The molecule has 1 aromatic rings. The first-order valence-corrected chi connectivity index (χ1v) is 4.87. The first-order valence-electron chi connectivity index (χ1n) is 4.87. The summed E-state index contributed by atoms with van der Waals surface area (Å²) in [6, 6.07) is 9.82. The number of hydrogen-bond acceptors (Lipinski definition) is 1. The number of aryl methyl sites for hydroxylation is 1. The predicted octanol–water partition coefficient (Wildman–Crippen LogP) is 3.15. The Labute approximate surface area is 88.1 Å². The second kappa shape index (κ2) is 5.61. The summed E-state index contributed by atoms with van der Waals surface area (Å²) >= 11 is 0. The van der Waals surface area contributed by atoms with Crippen molar-refractivity contribution < 1.29 is 13.9 Å².